The molecule has 8 nitrogen and oxygen atoms in total. The van der Waals surface area contributed by atoms with E-state index in [4.69, 9.17) is 14.2 Å². The molecule has 27 heavy (non-hydrogen) atoms. The molecule has 3 N–H and O–H groups in total. The fourth-order valence-electron chi connectivity index (χ4n) is 2.64. The first-order valence-electron chi connectivity index (χ1n) is 9.54. The quantitative estimate of drug-likeness (QED) is 0.590. The summed E-state index contributed by atoms with van der Waals surface area (Å²) in [5, 5.41) is 5.03. The lowest BCUT2D eigenvalue weighted by Crippen LogP contribution is -3.15. The summed E-state index contributed by atoms with van der Waals surface area (Å²) < 4.78 is 16.6. The van der Waals surface area contributed by atoms with Crippen LogP contribution in [0.4, 0.5) is 10.5 Å². The van der Waals surface area contributed by atoms with Crippen molar-refractivity contribution in [1.29, 1.82) is 0 Å². The Labute approximate surface area is 160 Å². The number of carbonyl (C=O) groups excluding carboxylic acids is 2. The molecule has 0 saturated carbocycles. The van der Waals surface area contributed by atoms with Crippen LogP contribution >= 0.6 is 0 Å². The van der Waals surface area contributed by atoms with Crippen molar-refractivity contribution in [2.45, 2.75) is 26.7 Å². The summed E-state index contributed by atoms with van der Waals surface area (Å²) in [6.07, 6.45) is 1.76. The topological polar surface area (TPSA) is 90.3 Å². The molecule has 0 radical (unpaired) electrons. The zero-order valence-corrected chi connectivity index (χ0v) is 16.1. The molecule has 2 rings (SSSR count). The Balaban J connectivity index is 1.90. The van der Waals surface area contributed by atoms with Crippen molar-refractivity contribution >= 4 is 17.6 Å². The zero-order chi connectivity index (χ0) is 19.5. The summed E-state index contributed by atoms with van der Waals surface area (Å²) >= 11 is 0. The van der Waals surface area contributed by atoms with Gasteiger partial charge in [0.05, 0.1) is 26.4 Å². The van der Waals surface area contributed by atoms with Crippen molar-refractivity contribution in [2.24, 2.45) is 0 Å². The van der Waals surface area contributed by atoms with Crippen LogP contribution in [0.3, 0.4) is 0 Å². The number of imide groups is 1. The SMILES string of the molecule is CCCOc1ccc(NC(=O)NC(=O)C[NH+]2CCOCC2)cc1OCCC. The minimum atomic E-state index is -0.559. The Morgan fingerprint density at radius 3 is 2.41 bits per heavy atom. The second-order valence-electron chi connectivity index (χ2n) is 6.40. The number of benzene rings is 1. The standard InChI is InChI=1S/C19H29N3O5/c1-3-9-26-16-6-5-15(13-17(16)27-10-4-2)20-19(24)21-18(23)14-22-7-11-25-12-8-22/h5-6,13H,3-4,7-12,14H2,1-2H3,(H2,20,21,23,24)/p+1. The maximum absolute atomic E-state index is 12.1. The highest BCUT2D eigenvalue weighted by Crippen LogP contribution is 2.30. The van der Waals surface area contributed by atoms with Gasteiger partial charge in [-0.2, -0.15) is 0 Å². The number of ether oxygens (including phenoxy) is 3. The van der Waals surface area contributed by atoms with E-state index in [1.54, 1.807) is 18.2 Å². The van der Waals surface area contributed by atoms with E-state index in [9.17, 15) is 9.59 Å². The van der Waals surface area contributed by atoms with Gasteiger partial charge in [-0.05, 0) is 25.0 Å². The second-order valence-corrected chi connectivity index (χ2v) is 6.40. The summed E-state index contributed by atoms with van der Waals surface area (Å²) in [5.41, 5.74) is 0.536. The summed E-state index contributed by atoms with van der Waals surface area (Å²) in [4.78, 5) is 25.2. The Morgan fingerprint density at radius 1 is 1.07 bits per heavy atom. The summed E-state index contributed by atoms with van der Waals surface area (Å²) in [6.45, 7) is 8.27. The number of hydrogen-bond acceptors (Lipinski definition) is 5. The third-order valence-corrected chi connectivity index (χ3v) is 3.99. The lowest BCUT2D eigenvalue weighted by molar-refractivity contribution is -0.900. The minimum absolute atomic E-state index is 0.255. The fraction of sp³-hybridized carbons (Fsp3) is 0.579. The van der Waals surface area contributed by atoms with Gasteiger partial charge in [-0.15, -0.1) is 0 Å². The van der Waals surface area contributed by atoms with Gasteiger partial charge in [0.2, 0.25) is 0 Å². The molecule has 1 aliphatic heterocycles. The number of hydrogen-bond donors (Lipinski definition) is 3. The highest BCUT2D eigenvalue weighted by Gasteiger charge is 2.19. The molecule has 1 aromatic rings. The van der Waals surface area contributed by atoms with Gasteiger partial charge < -0.3 is 24.4 Å². The van der Waals surface area contributed by atoms with E-state index in [1.807, 2.05) is 13.8 Å². The fourth-order valence-corrected chi connectivity index (χ4v) is 2.64. The average molecular weight is 380 g/mol. The molecule has 0 spiro atoms. The highest BCUT2D eigenvalue weighted by atomic mass is 16.5. The van der Waals surface area contributed by atoms with Crippen LogP contribution < -0.4 is 25.0 Å². The minimum Gasteiger partial charge on any atom is -0.490 e. The van der Waals surface area contributed by atoms with E-state index in [2.05, 4.69) is 10.6 Å². The van der Waals surface area contributed by atoms with Crippen molar-refractivity contribution < 1.29 is 28.7 Å². The largest absolute Gasteiger partial charge is 0.490 e. The Hall–Kier alpha value is -2.32. The maximum Gasteiger partial charge on any atom is 0.326 e. The smallest absolute Gasteiger partial charge is 0.326 e. The molecular weight excluding hydrogens is 350 g/mol. The van der Waals surface area contributed by atoms with Crippen LogP contribution in [0, 0.1) is 0 Å². The normalized spacial score (nSPS) is 14.4. The molecule has 150 valence electrons. The van der Waals surface area contributed by atoms with E-state index in [-0.39, 0.29) is 12.5 Å². The van der Waals surface area contributed by atoms with Gasteiger partial charge in [-0.3, -0.25) is 10.1 Å². The van der Waals surface area contributed by atoms with Crippen LogP contribution in [0.2, 0.25) is 0 Å². The number of nitrogens with one attached hydrogen (secondary N) is 3. The third kappa shape index (κ3) is 7.44. The van der Waals surface area contributed by atoms with Crippen molar-refractivity contribution in [1.82, 2.24) is 5.32 Å². The van der Waals surface area contributed by atoms with Crippen LogP contribution in [-0.2, 0) is 9.53 Å². The molecule has 0 aliphatic carbocycles. The van der Waals surface area contributed by atoms with Gasteiger partial charge in [0.25, 0.3) is 5.91 Å². The summed E-state index contributed by atoms with van der Waals surface area (Å²) in [6, 6.07) is 4.63. The zero-order valence-electron chi connectivity index (χ0n) is 16.1. The molecule has 0 unspecified atom stereocenters. The predicted molar refractivity (Wildman–Crippen MR) is 102 cm³/mol. The van der Waals surface area contributed by atoms with Crippen molar-refractivity contribution in [3.63, 3.8) is 0 Å². The number of anilines is 1. The molecule has 1 aliphatic rings. The molecular formula is C19H30N3O5+. The maximum atomic E-state index is 12.1. The van der Waals surface area contributed by atoms with E-state index >= 15 is 0 Å². The predicted octanol–water partition coefficient (Wildman–Crippen LogP) is 0.827. The van der Waals surface area contributed by atoms with E-state index in [1.165, 1.54) is 0 Å². The summed E-state index contributed by atoms with van der Waals surface area (Å²) in [7, 11) is 0. The number of urea groups is 1. The van der Waals surface area contributed by atoms with Gasteiger partial charge in [0.1, 0.15) is 13.1 Å². The highest BCUT2D eigenvalue weighted by molar-refractivity contribution is 6.01. The Morgan fingerprint density at radius 2 is 1.74 bits per heavy atom. The molecule has 8 heteroatoms. The van der Waals surface area contributed by atoms with Crippen molar-refractivity contribution in [3.8, 4) is 11.5 Å². The lowest BCUT2D eigenvalue weighted by atomic mass is 10.2. The van der Waals surface area contributed by atoms with E-state index in [0.29, 0.717) is 43.6 Å². The third-order valence-electron chi connectivity index (χ3n) is 3.99. The van der Waals surface area contributed by atoms with E-state index in [0.717, 1.165) is 30.8 Å². The van der Waals surface area contributed by atoms with Crippen molar-refractivity contribution in [2.75, 3.05) is 51.4 Å². The monoisotopic (exact) mass is 380 g/mol. The molecule has 0 aromatic heterocycles. The van der Waals surface area contributed by atoms with Gasteiger partial charge in [-0.25, -0.2) is 4.79 Å². The van der Waals surface area contributed by atoms with Gasteiger partial charge in [0.15, 0.2) is 18.0 Å². The molecule has 3 amide bonds. The molecule has 0 bridgehead atoms. The van der Waals surface area contributed by atoms with Crippen LogP contribution in [0.5, 0.6) is 11.5 Å². The number of carbonyl (C=O) groups is 2. The first-order chi connectivity index (χ1) is 13.1. The molecule has 1 fully saturated rings. The summed E-state index contributed by atoms with van der Waals surface area (Å²) in [5.74, 6) is 0.908. The van der Waals surface area contributed by atoms with E-state index < -0.39 is 6.03 Å². The van der Waals surface area contributed by atoms with Crippen LogP contribution in [0.15, 0.2) is 18.2 Å². The molecule has 0 atom stereocenters. The lowest BCUT2D eigenvalue weighted by Gasteiger charge is -2.22. The Bertz CT molecular complexity index is 617. The first-order valence-corrected chi connectivity index (χ1v) is 9.54. The van der Waals surface area contributed by atoms with Gasteiger partial charge in [0, 0.05) is 11.8 Å². The molecule has 1 heterocycles. The number of quaternary nitrogens is 1. The van der Waals surface area contributed by atoms with Gasteiger partial charge in [-0.1, -0.05) is 13.8 Å². The van der Waals surface area contributed by atoms with Crippen LogP contribution in [-0.4, -0.2) is 58.0 Å². The first kappa shape index (κ1) is 21.0. The molecule has 1 saturated heterocycles. The molecule has 1 aromatic carbocycles. The van der Waals surface area contributed by atoms with Crippen LogP contribution in [0.25, 0.3) is 0 Å². The van der Waals surface area contributed by atoms with Crippen LogP contribution in [0.1, 0.15) is 26.7 Å². The second kappa shape index (κ2) is 11.4. The Kier molecular flexibility index (Phi) is 8.86. The van der Waals surface area contributed by atoms with Gasteiger partial charge >= 0.3 is 6.03 Å². The number of rotatable bonds is 9. The number of amides is 3. The number of morpholine rings is 1. The average Bonchev–Trinajstić information content (AvgIpc) is 2.66. The van der Waals surface area contributed by atoms with Crippen molar-refractivity contribution in [3.05, 3.63) is 18.2 Å².